The molecule has 0 saturated carbocycles. The molecule has 1 amide bonds. The van der Waals surface area contributed by atoms with E-state index < -0.39 is 184 Å². The van der Waals surface area contributed by atoms with Gasteiger partial charge in [-0.15, -0.1) is 11.8 Å². The fraction of sp³-hybridized carbons (Fsp3) is 0.317. The number of aromatic nitrogens is 1. The van der Waals surface area contributed by atoms with E-state index in [4.69, 9.17) is 20.6 Å². The molecule has 0 spiro atoms. The Morgan fingerprint density at radius 2 is 1.75 bits per heavy atom. The molecule has 1 aromatic heterocycles. The number of hydrogen-bond donors (Lipinski definition) is 0. The maximum Gasteiger partial charge on any atom is 0.416 e. The van der Waals surface area contributed by atoms with Crippen LogP contribution in [0.2, 0.25) is 0 Å². The summed E-state index contributed by atoms with van der Waals surface area (Å²) in [6.45, 7) is -23.1. The predicted octanol–water partition coefficient (Wildman–Crippen LogP) is 8.71. The van der Waals surface area contributed by atoms with Gasteiger partial charge in [-0.25, -0.2) is 8.78 Å². The van der Waals surface area contributed by atoms with Gasteiger partial charge >= 0.3 is 6.18 Å². The zero-order chi connectivity index (χ0) is 58.9. The molecule has 6 nitrogen and oxygen atoms in total. The first-order chi connectivity index (χ1) is 34.6. The molecule has 6 rings (SSSR count). The average molecular weight is 774 g/mol. The Kier molecular flexibility index (Phi) is 5.72. The molecule has 1 fully saturated rings. The Bertz CT molecular complexity index is 3200. The molecule has 278 valence electrons. The second-order valence-electron chi connectivity index (χ2n) is 10.7. The number of piperidine rings is 1. The van der Waals surface area contributed by atoms with Gasteiger partial charge in [0.05, 0.1) is 39.2 Å². The third-order valence-corrected chi connectivity index (χ3v) is 7.97. The van der Waals surface area contributed by atoms with Gasteiger partial charge in [0.25, 0.3) is 0 Å². The zero-order valence-corrected chi connectivity index (χ0v) is 27.7. The third-order valence-electron chi connectivity index (χ3n) is 7.17. The summed E-state index contributed by atoms with van der Waals surface area (Å²) in [7, 11) is -3.53. The SMILES string of the molecule is [2H]c1c(C)c([2H])c2c(=O)c([2H])c(SC([2H])([2H])c3cccc(F)c3F)n(C([2H])([2H])C(=O)N(C([2H])([2H])c3ccc(-c4ccc(C(F)(F)F)cc4)cc3)C3([2H])C([2H])([2H])C([2H])([2H])N(C([2H])([2H])COC([2H])([2H])[2H])C([2H])([2H])C3([2H])[2H])c2c1[2H]. The van der Waals surface area contributed by atoms with E-state index in [2.05, 4.69) is 4.74 Å². The summed E-state index contributed by atoms with van der Waals surface area (Å²) >= 11 is -0.553. The van der Waals surface area contributed by atoms with E-state index in [0.29, 0.717) is 36.4 Å². The van der Waals surface area contributed by atoms with E-state index in [1.807, 2.05) is 0 Å². The zero-order valence-electron chi connectivity index (χ0n) is 50.9. The van der Waals surface area contributed by atoms with Gasteiger partial charge in [0, 0.05) is 78.2 Å². The number of fused-ring (bicyclic) bond motifs is 1. The highest BCUT2D eigenvalue weighted by Gasteiger charge is 2.31. The highest BCUT2D eigenvalue weighted by atomic mass is 32.2. The smallest absolute Gasteiger partial charge is 0.383 e. The molecule has 53 heavy (non-hydrogen) atoms. The Balaban J connectivity index is 1.75. The van der Waals surface area contributed by atoms with E-state index >= 15 is 9.18 Å². The summed E-state index contributed by atoms with van der Waals surface area (Å²) in [6, 6.07) is -1.49. The van der Waals surface area contributed by atoms with Crippen LogP contribution in [0.3, 0.4) is 0 Å². The molecule has 5 aromatic rings. The van der Waals surface area contributed by atoms with Crippen LogP contribution in [0.25, 0.3) is 22.0 Å². The maximum atomic E-state index is 15.9. The van der Waals surface area contributed by atoms with Crippen LogP contribution in [0, 0.1) is 18.6 Å². The maximum absolute atomic E-state index is 15.9. The number of rotatable bonds is 12. The van der Waals surface area contributed by atoms with Gasteiger partial charge in [-0.05, 0) is 66.6 Å². The van der Waals surface area contributed by atoms with Crippen LogP contribution in [-0.2, 0) is 34.4 Å². The van der Waals surface area contributed by atoms with Gasteiger partial charge in [0.1, 0.15) is 6.50 Å². The summed E-state index contributed by atoms with van der Waals surface area (Å²) in [5.74, 6) is -6.43. The van der Waals surface area contributed by atoms with Gasteiger partial charge in [-0.3, -0.25) is 9.59 Å². The van der Waals surface area contributed by atoms with Gasteiger partial charge in [-0.2, -0.15) is 13.2 Å². The van der Waals surface area contributed by atoms with Crippen molar-refractivity contribution >= 4 is 28.6 Å². The highest BCUT2D eigenvalue weighted by Crippen LogP contribution is 2.32. The first kappa shape index (κ1) is 18.2. The van der Waals surface area contributed by atoms with Crippen molar-refractivity contribution in [2.75, 3.05) is 33.1 Å². The van der Waals surface area contributed by atoms with Crippen LogP contribution < -0.4 is 5.43 Å². The molecule has 12 heteroatoms. The number of halogens is 5. The molecule has 1 aliphatic rings. The van der Waals surface area contributed by atoms with Crippen LogP contribution in [0.5, 0.6) is 0 Å². The largest absolute Gasteiger partial charge is 0.416 e. The normalized spacial score (nSPS) is 26.5. The van der Waals surface area contributed by atoms with Crippen molar-refractivity contribution in [3.05, 3.63) is 135 Å². The number of pyridine rings is 1. The minimum atomic E-state index is -5.03. The van der Waals surface area contributed by atoms with E-state index in [1.165, 1.54) is 0 Å². The Morgan fingerprint density at radius 3 is 2.43 bits per heavy atom. The standard InChI is InChI=1S/C41H40F5N3O3S/c1-27-6-15-36-34(22-27)37(50)23-39(53-26-31-4-3-5-35(42)40(31)43)49(36)25-38(51)48(33-16-18-47(19-17-33)20-21-52-2)24-28-7-9-29(10-8-28)30-11-13-32(14-12-30)41(44,45)46/h3-15,22-23,33H,16-21,24-26H2,1-2H3/i2D3,6D,15D,16D2,17D2,18D2,19D2,20D2,22D,23D,24D2,25D2,26D2,33D. The van der Waals surface area contributed by atoms with E-state index in [9.17, 15) is 34.7 Å². The van der Waals surface area contributed by atoms with Crippen molar-refractivity contribution in [2.45, 2.75) is 55.6 Å². The van der Waals surface area contributed by atoms with Crippen molar-refractivity contribution in [3.8, 4) is 11.1 Å². The van der Waals surface area contributed by atoms with Gasteiger partial charge < -0.3 is 19.1 Å². The van der Waals surface area contributed by atoms with Crippen LogP contribution in [-0.4, -0.2) is 59.4 Å². The lowest BCUT2D eigenvalue weighted by atomic mass is 10.00. The predicted molar refractivity (Wildman–Crippen MR) is 198 cm³/mol. The number of thioether (sulfide) groups is 1. The number of ether oxygens (including phenoxy) is 1. The highest BCUT2D eigenvalue weighted by molar-refractivity contribution is 7.98. The lowest BCUT2D eigenvalue weighted by molar-refractivity contribution is -0.137. The quantitative estimate of drug-likeness (QED) is 0.0939. The average Bonchev–Trinajstić information content (AvgIpc) is 3.30. The minimum Gasteiger partial charge on any atom is -0.383 e. The number of carbonyl (C=O) groups is 1. The second kappa shape index (κ2) is 16.7. The second-order valence-corrected chi connectivity index (χ2v) is 11.5. The molecule has 0 atom stereocenters. The molecule has 0 N–H and O–H groups in total. The Labute approximate surface area is 342 Å². The monoisotopic (exact) mass is 773 g/mol. The number of amides is 1. The van der Waals surface area contributed by atoms with Crippen molar-refractivity contribution < 1.29 is 64.4 Å². The Morgan fingerprint density at radius 1 is 1.06 bits per heavy atom. The van der Waals surface area contributed by atoms with E-state index in [-0.39, 0.29) is 15.7 Å². The van der Waals surface area contributed by atoms with Crippen molar-refractivity contribution in [2.24, 2.45) is 0 Å². The summed E-state index contributed by atoms with van der Waals surface area (Å²) in [5.41, 5.74) is -10.5. The van der Waals surface area contributed by atoms with Gasteiger partial charge in [0.2, 0.25) is 5.91 Å². The number of nitrogens with zero attached hydrogens (tertiary/aromatic N) is 3. The van der Waals surface area contributed by atoms with Crippen LogP contribution in [0.15, 0.2) is 101 Å². The van der Waals surface area contributed by atoms with Crippen LogP contribution >= 0.6 is 11.8 Å². The lowest BCUT2D eigenvalue weighted by Crippen LogP contribution is -2.48. The molecule has 0 aliphatic carbocycles. The van der Waals surface area contributed by atoms with Crippen molar-refractivity contribution in [3.63, 3.8) is 0 Å². The van der Waals surface area contributed by atoms with Crippen molar-refractivity contribution in [1.82, 2.24) is 14.4 Å². The summed E-state index contributed by atoms with van der Waals surface area (Å²) in [4.78, 5) is 28.1. The van der Waals surface area contributed by atoms with Gasteiger partial charge in [-0.1, -0.05) is 60.1 Å². The molecule has 1 aliphatic heterocycles. The minimum absolute atomic E-state index is 0.00721. The molecular weight excluding hydrogens is 710 g/mol. The summed E-state index contributed by atoms with van der Waals surface area (Å²) in [5, 5.41) is -2.71. The first-order valence-corrected chi connectivity index (χ1v) is 15.8. The topological polar surface area (TPSA) is 54.8 Å². The van der Waals surface area contributed by atoms with Crippen LogP contribution in [0.1, 0.15) is 67.9 Å². The van der Waals surface area contributed by atoms with E-state index in [1.54, 1.807) is 0 Å². The van der Waals surface area contributed by atoms with Crippen LogP contribution in [0.4, 0.5) is 22.0 Å². The fourth-order valence-electron chi connectivity index (χ4n) is 4.64. The Hall–Kier alpha value is -4.52. The molecule has 0 radical (unpaired) electrons. The molecule has 0 unspecified atom stereocenters. The molecule has 2 heterocycles. The fourth-order valence-corrected chi connectivity index (χ4v) is 5.38. The lowest BCUT2D eigenvalue weighted by Gasteiger charge is -2.39. The van der Waals surface area contributed by atoms with Crippen molar-refractivity contribution in [1.29, 1.82) is 0 Å². The molecule has 4 aromatic carbocycles. The third kappa shape index (κ3) is 9.17. The number of hydrogen-bond acceptors (Lipinski definition) is 5. The first-order valence-electron chi connectivity index (χ1n) is 27.0. The number of methoxy groups -OCH3 is 1. The number of alkyl halides is 3. The van der Waals surface area contributed by atoms with Gasteiger partial charge in [0.15, 0.2) is 17.1 Å². The number of carbonyl (C=O) groups excluding carboxylic acids is 1. The van der Waals surface area contributed by atoms with E-state index in [0.717, 1.165) is 37.3 Å². The summed E-state index contributed by atoms with van der Waals surface area (Å²) < 4.78 is 288. The molecule has 1 saturated heterocycles. The molecular formula is C41H40F5N3O3S. The number of benzene rings is 4. The summed E-state index contributed by atoms with van der Waals surface area (Å²) in [6.07, 6.45) is -14.5. The number of likely N-dealkylation sites (tertiary alicyclic amines) is 1. The molecule has 0 bridgehead atoms.